The number of nitrogens with zero attached hydrogens (tertiary/aromatic N) is 2. The topological polar surface area (TPSA) is 6.48 Å². The van der Waals surface area contributed by atoms with E-state index in [1.54, 1.807) is 0 Å². The van der Waals surface area contributed by atoms with Crippen molar-refractivity contribution in [1.82, 2.24) is 0 Å². The Bertz CT molecular complexity index is 4620. The van der Waals surface area contributed by atoms with E-state index in [1.807, 2.05) is 0 Å². The van der Waals surface area contributed by atoms with Gasteiger partial charge in [-0.2, -0.15) is 0 Å². The summed E-state index contributed by atoms with van der Waals surface area (Å²) >= 11 is 0. The zero-order chi connectivity index (χ0) is 57.5. The predicted octanol–water partition coefficient (Wildman–Crippen LogP) is 19.8. The molecule has 3 aliphatic rings. The molecule has 0 N–H and O–H groups in total. The standard InChI is InChI=1S/C83H61BN2/c1-82(2,3)62-50-47-56(48-51-62)60-49-52-76-73(53-60)84-72-44-22-24-46-75(72)86(81-67(58-29-11-5-12-30-58)40-26-41-68(81)59-31-13-6-14-32-59)78-55-61(54-77(80(78)84)85(76)74-45-23-20-37-65(74)57-27-9-4-10-28-57)66-39-25-42-70-69-38-19-21-43-71(69)83(79(66)70,63-33-15-7-16-34-63)64-35-17-8-18-36-64/h4-55H,1-3H3. The summed E-state index contributed by atoms with van der Waals surface area (Å²) in [5.41, 5.74) is 30.6. The Morgan fingerprint density at radius 1 is 0.291 bits per heavy atom. The fourth-order valence-electron chi connectivity index (χ4n) is 14.7. The normalized spacial score (nSPS) is 13.3. The molecule has 2 aliphatic heterocycles. The van der Waals surface area contributed by atoms with E-state index < -0.39 is 5.41 Å². The summed E-state index contributed by atoms with van der Waals surface area (Å²) in [4.78, 5) is 5.27. The molecule has 3 heteroatoms. The monoisotopic (exact) mass is 1100 g/mol. The summed E-state index contributed by atoms with van der Waals surface area (Å²) < 4.78 is 0. The molecule has 0 unspecified atom stereocenters. The summed E-state index contributed by atoms with van der Waals surface area (Å²) in [6.07, 6.45) is 0. The first kappa shape index (κ1) is 51.2. The van der Waals surface area contributed by atoms with Crippen LogP contribution in [0.5, 0.6) is 0 Å². The average Bonchev–Trinajstić information content (AvgIpc) is 1.20. The highest BCUT2D eigenvalue weighted by molar-refractivity contribution is 7.00. The van der Waals surface area contributed by atoms with Gasteiger partial charge >= 0.3 is 0 Å². The van der Waals surface area contributed by atoms with E-state index in [0.717, 1.165) is 73.1 Å². The first-order chi connectivity index (χ1) is 42.3. The second-order valence-electron chi connectivity index (χ2n) is 24.3. The van der Waals surface area contributed by atoms with Crippen LogP contribution in [0.15, 0.2) is 315 Å². The van der Waals surface area contributed by atoms with E-state index in [1.165, 1.54) is 72.0 Å². The molecule has 13 aromatic rings. The van der Waals surface area contributed by atoms with Gasteiger partial charge in [-0.15, -0.1) is 0 Å². The lowest BCUT2D eigenvalue weighted by atomic mass is 9.33. The quantitative estimate of drug-likeness (QED) is 0.133. The van der Waals surface area contributed by atoms with Gasteiger partial charge in [0.1, 0.15) is 0 Å². The molecule has 16 rings (SSSR count). The van der Waals surface area contributed by atoms with Crippen molar-refractivity contribution in [3.05, 3.63) is 343 Å². The van der Waals surface area contributed by atoms with Crippen LogP contribution < -0.4 is 26.2 Å². The minimum absolute atomic E-state index is 0.0333. The lowest BCUT2D eigenvalue weighted by Crippen LogP contribution is -2.61. The van der Waals surface area contributed by atoms with Gasteiger partial charge in [-0.3, -0.25) is 0 Å². The van der Waals surface area contributed by atoms with Crippen LogP contribution in [0.4, 0.5) is 34.1 Å². The third kappa shape index (κ3) is 8.02. The average molecular weight is 1100 g/mol. The van der Waals surface area contributed by atoms with Crippen LogP contribution in [-0.4, -0.2) is 6.71 Å². The Hall–Kier alpha value is -10.5. The number of hydrogen-bond donors (Lipinski definition) is 0. The Balaban J connectivity index is 1.07. The molecule has 0 spiro atoms. The van der Waals surface area contributed by atoms with Crippen molar-refractivity contribution >= 4 is 57.2 Å². The smallest absolute Gasteiger partial charge is 0.252 e. The highest BCUT2D eigenvalue weighted by atomic mass is 15.2. The second kappa shape index (κ2) is 20.4. The lowest BCUT2D eigenvalue weighted by Gasteiger charge is -2.45. The van der Waals surface area contributed by atoms with Crippen LogP contribution in [0.3, 0.4) is 0 Å². The molecular weight excluding hydrogens is 1040 g/mol. The van der Waals surface area contributed by atoms with Gasteiger partial charge in [0.25, 0.3) is 6.71 Å². The highest BCUT2D eigenvalue weighted by Crippen LogP contribution is 2.60. The molecule has 13 aromatic carbocycles. The van der Waals surface area contributed by atoms with E-state index in [4.69, 9.17) is 0 Å². The van der Waals surface area contributed by atoms with Gasteiger partial charge in [0.15, 0.2) is 0 Å². The van der Waals surface area contributed by atoms with Gasteiger partial charge in [-0.05, 0) is 130 Å². The van der Waals surface area contributed by atoms with Gasteiger partial charge in [-0.25, -0.2) is 0 Å². The van der Waals surface area contributed by atoms with Gasteiger partial charge < -0.3 is 9.80 Å². The van der Waals surface area contributed by atoms with E-state index in [2.05, 4.69) is 346 Å². The van der Waals surface area contributed by atoms with Gasteiger partial charge in [0.2, 0.25) is 0 Å². The third-order valence-corrected chi connectivity index (χ3v) is 18.5. The maximum absolute atomic E-state index is 2.65. The minimum Gasteiger partial charge on any atom is -0.311 e. The van der Waals surface area contributed by atoms with Crippen molar-refractivity contribution in [3.63, 3.8) is 0 Å². The molecule has 406 valence electrons. The van der Waals surface area contributed by atoms with Crippen LogP contribution in [-0.2, 0) is 10.8 Å². The minimum atomic E-state index is -0.652. The zero-order valence-electron chi connectivity index (χ0n) is 48.5. The first-order valence-electron chi connectivity index (χ1n) is 30.2. The molecule has 0 atom stereocenters. The summed E-state index contributed by atoms with van der Waals surface area (Å²) in [6.45, 7) is 6.73. The largest absolute Gasteiger partial charge is 0.311 e. The van der Waals surface area contributed by atoms with E-state index >= 15 is 0 Å². The molecule has 0 aromatic heterocycles. The van der Waals surface area contributed by atoms with Crippen molar-refractivity contribution in [2.24, 2.45) is 0 Å². The fourth-order valence-corrected chi connectivity index (χ4v) is 14.7. The van der Waals surface area contributed by atoms with Gasteiger partial charge in [0, 0.05) is 39.4 Å². The lowest BCUT2D eigenvalue weighted by molar-refractivity contribution is 0.590. The van der Waals surface area contributed by atoms with Gasteiger partial charge in [-0.1, -0.05) is 306 Å². The summed E-state index contributed by atoms with van der Waals surface area (Å²) in [5, 5.41) is 0. The third-order valence-electron chi connectivity index (χ3n) is 18.5. The van der Waals surface area contributed by atoms with Crippen LogP contribution in [0.2, 0.25) is 0 Å². The van der Waals surface area contributed by atoms with E-state index in [0.29, 0.717) is 0 Å². The molecule has 2 nitrogen and oxygen atoms in total. The van der Waals surface area contributed by atoms with Crippen molar-refractivity contribution in [2.45, 2.75) is 31.6 Å². The van der Waals surface area contributed by atoms with Crippen molar-refractivity contribution in [3.8, 4) is 66.8 Å². The summed E-state index contributed by atoms with van der Waals surface area (Å²) in [7, 11) is 0. The molecule has 0 amide bonds. The number of hydrogen-bond acceptors (Lipinski definition) is 2. The molecule has 0 radical (unpaired) electrons. The SMILES string of the molecule is CC(C)(C)c1ccc(-c2ccc3c(c2)B2c4ccccc4N(c4c(-c5ccccc5)cccc4-c4ccccc4)c4cc(-c5cccc6c5C(c5ccccc5)(c5ccccc5)c5ccccc5-6)cc(c42)N3c2ccccc2-c2ccccc2)cc1. The molecule has 2 heterocycles. The molecule has 1 aliphatic carbocycles. The Kier molecular flexibility index (Phi) is 12.1. The maximum atomic E-state index is 2.65. The molecule has 86 heavy (non-hydrogen) atoms. The van der Waals surface area contributed by atoms with E-state index in [-0.39, 0.29) is 12.1 Å². The number of anilines is 6. The highest BCUT2D eigenvalue weighted by Gasteiger charge is 2.49. The Morgan fingerprint density at radius 3 is 1.35 bits per heavy atom. The number of benzene rings is 13. The molecule has 0 bridgehead atoms. The molecule has 0 saturated carbocycles. The summed E-state index contributed by atoms with van der Waals surface area (Å²) in [5.74, 6) is 0. The predicted molar refractivity (Wildman–Crippen MR) is 364 cm³/mol. The summed E-state index contributed by atoms with van der Waals surface area (Å²) in [6, 6.07) is 119. The van der Waals surface area contributed by atoms with Crippen LogP contribution in [0.1, 0.15) is 48.6 Å². The first-order valence-corrected chi connectivity index (χ1v) is 30.2. The molecular formula is C83H61BN2. The number of rotatable bonds is 9. The van der Waals surface area contributed by atoms with Crippen LogP contribution in [0.25, 0.3) is 66.8 Å². The maximum Gasteiger partial charge on any atom is 0.252 e. The molecule has 0 saturated heterocycles. The second-order valence-corrected chi connectivity index (χ2v) is 24.3. The van der Waals surface area contributed by atoms with Crippen LogP contribution in [0, 0.1) is 0 Å². The van der Waals surface area contributed by atoms with E-state index in [9.17, 15) is 0 Å². The van der Waals surface area contributed by atoms with Crippen molar-refractivity contribution in [1.29, 1.82) is 0 Å². The van der Waals surface area contributed by atoms with Crippen molar-refractivity contribution < 1.29 is 0 Å². The fraction of sp³-hybridized carbons (Fsp3) is 0.0602. The Morgan fingerprint density at radius 2 is 0.744 bits per heavy atom. The number of para-hydroxylation sites is 3. The van der Waals surface area contributed by atoms with Crippen molar-refractivity contribution in [2.75, 3.05) is 9.80 Å². The Labute approximate surface area is 505 Å². The number of fused-ring (bicyclic) bond motifs is 7. The van der Waals surface area contributed by atoms with Crippen LogP contribution >= 0.6 is 0 Å². The zero-order valence-corrected chi connectivity index (χ0v) is 48.5. The van der Waals surface area contributed by atoms with Gasteiger partial charge in [0.05, 0.1) is 16.8 Å². The molecule has 0 fully saturated rings.